The second-order valence-corrected chi connectivity index (χ2v) is 5.08. The summed E-state index contributed by atoms with van der Waals surface area (Å²) in [6, 6.07) is 4.24. The molecule has 1 atom stereocenters. The van der Waals surface area contributed by atoms with Crippen molar-refractivity contribution in [3.63, 3.8) is 0 Å². The highest BCUT2D eigenvalue weighted by atomic mass is 32.2. The monoisotopic (exact) mass is 279 g/mol. The number of nitrogens with zero attached hydrogens (tertiary/aromatic N) is 3. The zero-order valence-electron chi connectivity index (χ0n) is 11.2. The Morgan fingerprint density at radius 3 is 3.05 bits per heavy atom. The van der Waals surface area contributed by atoms with E-state index in [-0.39, 0.29) is 11.7 Å². The number of nitrogens with one attached hydrogen (secondary N) is 2. The van der Waals surface area contributed by atoms with Crippen molar-refractivity contribution in [1.82, 2.24) is 25.1 Å². The van der Waals surface area contributed by atoms with Gasteiger partial charge in [-0.15, -0.1) is 5.10 Å². The molecule has 0 amide bonds. The quantitative estimate of drug-likeness (QED) is 0.865. The van der Waals surface area contributed by atoms with Gasteiger partial charge >= 0.3 is 5.69 Å². The van der Waals surface area contributed by atoms with Crippen molar-refractivity contribution < 1.29 is 0 Å². The molecule has 0 saturated carbocycles. The van der Waals surface area contributed by atoms with Gasteiger partial charge in [0.05, 0.1) is 0 Å². The third kappa shape index (κ3) is 3.05. The Balaban J connectivity index is 2.26. The molecule has 0 aromatic carbocycles. The minimum atomic E-state index is -0.190. The summed E-state index contributed by atoms with van der Waals surface area (Å²) < 4.78 is 1.58. The van der Waals surface area contributed by atoms with E-state index in [1.807, 2.05) is 26.1 Å². The van der Waals surface area contributed by atoms with Crippen molar-refractivity contribution in [3.05, 3.63) is 34.4 Å². The number of rotatable bonds is 5. The summed E-state index contributed by atoms with van der Waals surface area (Å²) in [5, 5.41) is 11.1. The largest absolute Gasteiger partial charge is 0.343 e. The second-order valence-electron chi connectivity index (χ2n) is 4.10. The van der Waals surface area contributed by atoms with Crippen LogP contribution in [0.4, 0.5) is 0 Å². The molecule has 0 aliphatic heterocycles. The molecule has 0 bridgehead atoms. The van der Waals surface area contributed by atoms with Crippen molar-refractivity contribution in [2.75, 3.05) is 7.05 Å². The molecular weight excluding hydrogens is 262 g/mol. The molecule has 2 N–H and O–H groups in total. The predicted octanol–water partition coefficient (Wildman–Crippen LogP) is 1.42. The fourth-order valence-corrected chi connectivity index (χ4v) is 2.58. The van der Waals surface area contributed by atoms with E-state index >= 15 is 0 Å². The van der Waals surface area contributed by atoms with Gasteiger partial charge in [-0.1, -0.05) is 0 Å². The van der Waals surface area contributed by atoms with Crippen LogP contribution in [0.3, 0.4) is 0 Å². The summed E-state index contributed by atoms with van der Waals surface area (Å²) in [4.78, 5) is 15.8. The number of aromatic amines is 1. The molecule has 0 radical (unpaired) electrons. The highest BCUT2D eigenvalue weighted by Crippen LogP contribution is 2.25. The SMILES string of the molecule is CCn1c(Sc2cc(C(C)NC)ccn2)n[nH]c1=O. The zero-order chi connectivity index (χ0) is 13.8. The molecule has 6 nitrogen and oxygen atoms in total. The Morgan fingerprint density at radius 2 is 2.37 bits per heavy atom. The Bertz CT molecular complexity index is 606. The number of aromatic nitrogens is 4. The molecular formula is C12H17N5OS. The van der Waals surface area contributed by atoms with E-state index in [9.17, 15) is 4.79 Å². The van der Waals surface area contributed by atoms with Gasteiger partial charge in [0.15, 0.2) is 5.16 Å². The molecule has 0 aliphatic carbocycles. The van der Waals surface area contributed by atoms with E-state index < -0.39 is 0 Å². The fourth-order valence-electron chi connectivity index (χ4n) is 1.67. The molecule has 2 heterocycles. The maximum Gasteiger partial charge on any atom is 0.343 e. The summed E-state index contributed by atoms with van der Waals surface area (Å²) in [6.45, 7) is 4.58. The van der Waals surface area contributed by atoms with Gasteiger partial charge in [0.2, 0.25) is 0 Å². The van der Waals surface area contributed by atoms with Crippen LogP contribution in [0.25, 0.3) is 0 Å². The van der Waals surface area contributed by atoms with Crippen molar-refractivity contribution in [1.29, 1.82) is 0 Å². The van der Waals surface area contributed by atoms with Gasteiger partial charge in [-0.2, -0.15) is 0 Å². The van der Waals surface area contributed by atoms with Crippen LogP contribution in [0, 0.1) is 0 Å². The van der Waals surface area contributed by atoms with Gasteiger partial charge in [-0.3, -0.25) is 4.57 Å². The third-order valence-electron chi connectivity index (χ3n) is 2.93. The highest BCUT2D eigenvalue weighted by Gasteiger charge is 2.10. The molecule has 0 fully saturated rings. The number of pyridine rings is 1. The summed E-state index contributed by atoms with van der Waals surface area (Å²) in [6.07, 6.45) is 1.77. The summed E-state index contributed by atoms with van der Waals surface area (Å²) in [5.74, 6) is 0. The smallest absolute Gasteiger partial charge is 0.313 e. The Morgan fingerprint density at radius 1 is 1.58 bits per heavy atom. The van der Waals surface area contributed by atoms with Crippen molar-refractivity contribution in [2.24, 2.45) is 0 Å². The minimum absolute atomic E-state index is 0.190. The molecule has 0 saturated heterocycles. The second kappa shape index (κ2) is 6.03. The molecule has 2 aromatic heterocycles. The number of hydrogen-bond donors (Lipinski definition) is 2. The van der Waals surface area contributed by atoms with Gasteiger partial charge < -0.3 is 5.32 Å². The first kappa shape index (κ1) is 13.8. The molecule has 102 valence electrons. The lowest BCUT2D eigenvalue weighted by molar-refractivity contribution is 0.648. The molecule has 0 aliphatic rings. The van der Waals surface area contributed by atoms with Crippen LogP contribution in [0.5, 0.6) is 0 Å². The van der Waals surface area contributed by atoms with Crippen molar-refractivity contribution in [3.8, 4) is 0 Å². The van der Waals surface area contributed by atoms with Crippen LogP contribution in [-0.4, -0.2) is 26.8 Å². The normalized spacial score (nSPS) is 12.6. The molecule has 0 spiro atoms. The molecule has 1 unspecified atom stereocenters. The van der Waals surface area contributed by atoms with Crippen LogP contribution in [-0.2, 0) is 6.54 Å². The lowest BCUT2D eigenvalue weighted by Gasteiger charge is -2.11. The van der Waals surface area contributed by atoms with Gasteiger partial charge in [0.1, 0.15) is 5.03 Å². The van der Waals surface area contributed by atoms with E-state index in [4.69, 9.17) is 0 Å². The Labute approximate surface area is 115 Å². The van der Waals surface area contributed by atoms with Crippen LogP contribution >= 0.6 is 11.8 Å². The van der Waals surface area contributed by atoms with Crippen LogP contribution < -0.4 is 11.0 Å². The molecule has 2 aromatic rings. The topological polar surface area (TPSA) is 75.6 Å². The third-order valence-corrected chi connectivity index (χ3v) is 3.85. The predicted molar refractivity (Wildman–Crippen MR) is 74.4 cm³/mol. The first-order chi connectivity index (χ1) is 9.15. The summed E-state index contributed by atoms with van der Waals surface area (Å²) in [7, 11) is 1.92. The lowest BCUT2D eigenvalue weighted by Crippen LogP contribution is -2.16. The Hall–Kier alpha value is -1.60. The van der Waals surface area contributed by atoms with E-state index in [0.717, 1.165) is 10.6 Å². The van der Waals surface area contributed by atoms with E-state index in [1.54, 1.807) is 10.8 Å². The fraction of sp³-hybridized carbons (Fsp3) is 0.417. The minimum Gasteiger partial charge on any atom is -0.313 e. The van der Waals surface area contributed by atoms with Gasteiger partial charge in [-0.25, -0.2) is 14.9 Å². The van der Waals surface area contributed by atoms with Crippen molar-refractivity contribution in [2.45, 2.75) is 36.6 Å². The highest BCUT2D eigenvalue weighted by molar-refractivity contribution is 7.99. The number of H-pyrrole nitrogens is 1. The van der Waals surface area contributed by atoms with Crippen molar-refractivity contribution >= 4 is 11.8 Å². The summed E-state index contributed by atoms with van der Waals surface area (Å²) >= 11 is 1.38. The first-order valence-corrected chi connectivity index (χ1v) is 6.93. The Kier molecular flexibility index (Phi) is 4.39. The number of hydrogen-bond acceptors (Lipinski definition) is 5. The lowest BCUT2D eigenvalue weighted by atomic mass is 10.1. The van der Waals surface area contributed by atoms with Crippen LogP contribution in [0.15, 0.2) is 33.3 Å². The molecule has 7 heteroatoms. The van der Waals surface area contributed by atoms with Gasteiger partial charge in [0, 0.05) is 18.8 Å². The van der Waals surface area contributed by atoms with Crippen LogP contribution in [0.1, 0.15) is 25.5 Å². The summed E-state index contributed by atoms with van der Waals surface area (Å²) in [5.41, 5.74) is 0.964. The molecule has 2 rings (SSSR count). The first-order valence-electron chi connectivity index (χ1n) is 6.12. The maximum absolute atomic E-state index is 11.5. The van der Waals surface area contributed by atoms with Gasteiger partial charge in [0.25, 0.3) is 0 Å². The van der Waals surface area contributed by atoms with E-state index in [2.05, 4.69) is 27.4 Å². The zero-order valence-corrected chi connectivity index (χ0v) is 12.0. The van der Waals surface area contributed by atoms with E-state index in [0.29, 0.717) is 11.7 Å². The van der Waals surface area contributed by atoms with Crippen LogP contribution in [0.2, 0.25) is 0 Å². The average Bonchev–Trinajstić information content (AvgIpc) is 2.78. The molecule has 19 heavy (non-hydrogen) atoms. The average molecular weight is 279 g/mol. The van der Waals surface area contributed by atoms with Gasteiger partial charge in [-0.05, 0) is 50.4 Å². The maximum atomic E-state index is 11.5. The standard InChI is InChI=1S/C12H17N5OS/c1-4-17-11(18)15-16-12(17)19-10-7-9(5-6-14-10)8(2)13-3/h5-8,13H,4H2,1-3H3,(H,15,18). The van der Waals surface area contributed by atoms with E-state index in [1.165, 1.54) is 11.8 Å².